The fraction of sp³-hybridized carbons (Fsp3) is 0.462. The van der Waals surface area contributed by atoms with Crippen molar-refractivity contribution in [3.05, 3.63) is 30.0 Å². The smallest absolute Gasteiger partial charge is 0.0685 e. The Bertz CT molecular complexity index is 485. The molecular formula is C13H19N3. The van der Waals surface area contributed by atoms with Gasteiger partial charge in [0.25, 0.3) is 0 Å². The molecule has 0 fully saturated rings. The van der Waals surface area contributed by atoms with E-state index in [-0.39, 0.29) is 0 Å². The molecule has 0 radical (unpaired) electrons. The van der Waals surface area contributed by atoms with Crippen molar-refractivity contribution in [1.82, 2.24) is 9.78 Å². The van der Waals surface area contributed by atoms with E-state index in [1.165, 1.54) is 16.5 Å². The predicted octanol–water partition coefficient (Wildman–Crippen LogP) is 2.68. The highest BCUT2D eigenvalue weighted by Crippen LogP contribution is 2.22. The highest BCUT2D eigenvalue weighted by molar-refractivity contribution is 5.79. The van der Waals surface area contributed by atoms with Crippen molar-refractivity contribution >= 4 is 10.9 Å². The maximum absolute atomic E-state index is 5.68. The lowest BCUT2D eigenvalue weighted by Crippen LogP contribution is -2.08. The topological polar surface area (TPSA) is 43.8 Å². The maximum Gasteiger partial charge on any atom is 0.0685 e. The molecule has 1 atom stereocenters. The summed E-state index contributed by atoms with van der Waals surface area (Å²) >= 11 is 0. The fourth-order valence-corrected chi connectivity index (χ4v) is 1.93. The van der Waals surface area contributed by atoms with Gasteiger partial charge in [-0.25, -0.2) is 0 Å². The molecule has 2 rings (SSSR count). The molecule has 3 heteroatoms. The molecule has 0 saturated heterocycles. The molecule has 0 aliphatic heterocycles. The monoisotopic (exact) mass is 217 g/mol. The molecule has 0 aliphatic carbocycles. The van der Waals surface area contributed by atoms with Gasteiger partial charge >= 0.3 is 0 Å². The summed E-state index contributed by atoms with van der Waals surface area (Å²) in [5, 5.41) is 5.61. The molecule has 1 aromatic heterocycles. The van der Waals surface area contributed by atoms with E-state index in [0.29, 0.717) is 18.5 Å². The number of rotatable bonds is 3. The average molecular weight is 217 g/mol. The zero-order chi connectivity index (χ0) is 11.7. The number of hydrogen-bond donors (Lipinski definition) is 1. The number of benzene rings is 1. The Morgan fingerprint density at radius 2 is 2.06 bits per heavy atom. The highest BCUT2D eigenvalue weighted by Gasteiger charge is 2.08. The van der Waals surface area contributed by atoms with Gasteiger partial charge in [-0.15, -0.1) is 0 Å². The normalized spacial score (nSPS) is 13.6. The average Bonchev–Trinajstić information content (AvgIpc) is 2.70. The summed E-state index contributed by atoms with van der Waals surface area (Å²) in [5.74, 6) is 0.409. The summed E-state index contributed by atoms with van der Waals surface area (Å²) in [5.41, 5.74) is 8.17. The van der Waals surface area contributed by atoms with E-state index in [2.05, 4.69) is 44.1 Å². The SMILES string of the molecule is CC(CN)c1ccc2c(cnn2C(C)C)c1. The van der Waals surface area contributed by atoms with Crippen LogP contribution in [0.15, 0.2) is 24.4 Å². The van der Waals surface area contributed by atoms with Gasteiger partial charge in [-0.05, 0) is 44.0 Å². The van der Waals surface area contributed by atoms with Crippen molar-refractivity contribution in [2.45, 2.75) is 32.7 Å². The van der Waals surface area contributed by atoms with Crippen LogP contribution in [0.5, 0.6) is 0 Å². The van der Waals surface area contributed by atoms with Crippen LogP contribution in [0.25, 0.3) is 10.9 Å². The van der Waals surface area contributed by atoms with Crippen LogP contribution < -0.4 is 5.73 Å². The Morgan fingerprint density at radius 3 is 2.69 bits per heavy atom. The van der Waals surface area contributed by atoms with Crippen molar-refractivity contribution in [3.63, 3.8) is 0 Å². The minimum Gasteiger partial charge on any atom is -0.330 e. The van der Waals surface area contributed by atoms with Crippen LogP contribution in [0.1, 0.15) is 38.3 Å². The molecule has 2 N–H and O–H groups in total. The molecule has 86 valence electrons. The van der Waals surface area contributed by atoms with E-state index in [1.807, 2.05) is 10.9 Å². The summed E-state index contributed by atoms with van der Waals surface area (Å²) in [6, 6.07) is 6.89. The van der Waals surface area contributed by atoms with E-state index >= 15 is 0 Å². The van der Waals surface area contributed by atoms with Crippen molar-refractivity contribution in [1.29, 1.82) is 0 Å². The van der Waals surface area contributed by atoms with Crippen LogP contribution in [-0.4, -0.2) is 16.3 Å². The number of aromatic nitrogens is 2. The molecular weight excluding hydrogens is 198 g/mol. The Labute approximate surface area is 96.2 Å². The van der Waals surface area contributed by atoms with Gasteiger partial charge in [-0.3, -0.25) is 4.68 Å². The van der Waals surface area contributed by atoms with Gasteiger partial charge in [-0.2, -0.15) is 5.10 Å². The zero-order valence-corrected chi connectivity index (χ0v) is 10.1. The largest absolute Gasteiger partial charge is 0.330 e. The molecule has 3 nitrogen and oxygen atoms in total. The first-order valence-electron chi connectivity index (χ1n) is 5.80. The lowest BCUT2D eigenvalue weighted by atomic mass is 10.0. The first-order valence-corrected chi connectivity index (χ1v) is 5.80. The van der Waals surface area contributed by atoms with Crippen LogP contribution in [0.3, 0.4) is 0 Å². The van der Waals surface area contributed by atoms with Crippen LogP contribution in [0.4, 0.5) is 0 Å². The summed E-state index contributed by atoms with van der Waals surface area (Å²) in [4.78, 5) is 0. The Kier molecular flexibility index (Phi) is 2.97. The Morgan fingerprint density at radius 1 is 1.31 bits per heavy atom. The Hall–Kier alpha value is -1.35. The standard InChI is InChI=1S/C13H19N3/c1-9(2)16-13-5-4-11(10(3)7-14)6-12(13)8-15-16/h4-6,8-10H,7,14H2,1-3H3. The molecule has 1 aromatic carbocycles. The van der Waals surface area contributed by atoms with Crippen molar-refractivity contribution < 1.29 is 0 Å². The number of hydrogen-bond acceptors (Lipinski definition) is 2. The van der Waals surface area contributed by atoms with Gasteiger partial charge in [0.2, 0.25) is 0 Å². The summed E-state index contributed by atoms with van der Waals surface area (Å²) in [6.45, 7) is 7.11. The van der Waals surface area contributed by atoms with Crippen LogP contribution in [0.2, 0.25) is 0 Å². The molecule has 0 bridgehead atoms. The van der Waals surface area contributed by atoms with Crippen LogP contribution >= 0.6 is 0 Å². The minimum absolute atomic E-state index is 0.398. The highest BCUT2D eigenvalue weighted by atomic mass is 15.3. The summed E-state index contributed by atoms with van der Waals surface area (Å²) in [6.07, 6.45) is 1.93. The first-order chi connectivity index (χ1) is 7.63. The molecule has 1 unspecified atom stereocenters. The second-order valence-corrected chi connectivity index (χ2v) is 4.64. The van der Waals surface area contributed by atoms with E-state index in [9.17, 15) is 0 Å². The van der Waals surface area contributed by atoms with Gasteiger partial charge in [0.05, 0.1) is 11.7 Å². The third-order valence-electron chi connectivity index (χ3n) is 3.03. The predicted molar refractivity (Wildman–Crippen MR) is 67.6 cm³/mol. The lowest BCUT2D eigenvalue weighted by molar-refractivity contribution is 0.551. The fourth-order valence-electron chi connectivity index (χ4n) is 1.93. The first kappa shape index (κ1) is 11.1. The minimum atomic E-state index is 0.398. The van der Waals surface area contributed by atoms with Gasteiger partial charge in [-0.1, -0.05) is 13.0 Å². The van der Waals surface area contributed by atoms with Crippen LogP contribution in [-0.2, 0) is 0 Å². The van der Waals surface area contributed by atoms with Crippen molar-refractivity contribution in [2.24, 2.45) is 5.73 Å². The van der Waals surface area contributed by atoms with E-state index in [4.69, 9.17) is 5.73 Å². The Balaban J connectivity index is 2.49. The van der Waals surface area contributed by atoms with Gasteiger partial charge in [0.1, 0.15) is 0 Å². The number of nitrogens with two attached hydrogens (primary N) is 1. The molecule has 0 spiro atoms. The maximum atomic E-state index is 5.68. The third kappa shape index (κ3) is 1.83. The molecule has 0 saturated carbocycles. The molecule has 2 aromatic rings. The molecule has 1 heterocycles. The van der Waals surface area contributed by atoms with Crippen molar-refractivity contribution in [3.8, 4) is 0 Å². The molecule has 16 heavy (non-hydrogen) atoms. The van der Waals surface area contributed by atoms with Crippen LogP contribution in [0, 0.1) is 0 Å². The summed E-state index contributed by atoms with van der Waals surface area (Å²) in [7, 11) is 0. The second-order valence-electron chi connectivity index (χ2n) is 4.64. The number of nitrogens with zero attached hydrogens (tertiary/aromatic N) is 2. The van der Waals surface area contributed by atoms with E-state index < -0.39 is 0 Å². The molecule has 0 amide bonds. The van der Waals surface area contributed by atoms with E-state index in [0.717, 1.165) is 0 Å². The third-order valence-corrected chi connectivity index (χ3v) is 3.03. The van der Waals surface area contributed by atoms with Gasteiger partial charge in [0, 0.05) is 11.4 Å². The van der Waals surface area contributed by atoms with Crippen molar-refractivity contribution in [2.75, 3.05) is 6.54 Å². The second kappa shape index (κ2) is 4.26. The van der Waals surface area contributed by atoms with E-state index in [1.54, 1.807) is 0 Å². The summed E-state index contributed by atoms with van der Waals surface area (Å²) < 4.78 is 2.05. The quantitative estimate of drug-likeness (QED) is 0.859. The molecule has 0 aliphatic rings. The number of fused-ring (bicyclic) bond motifs is 1. The lowest BCUT2D eigenvalue weighted by Gasteiger charge is -2.10. The van der Waals surface area contributed by atoms with Gasteiger partial charge in [0.15, 0.2) is 0 Å². The zero-order valence-electron chi connectivity index (χ0n) is 10.1. The van der Waals surface area contributed by atoms with Gasteiger partial charge < -0.3 is 5.73 Å².